The maximum absolute atomic E-state index is 12.1. The van der Waals surface area contributed by atoms with Crippen LogP contribution < -0.4 is 5.32 Å². The van der Waals surface area contributed by atoms with Crippen molar-refractivity contribution in [2.45, 2.75) is 10.6 Å². The largest absolute Gasteiger partial charge is 0.452 e. The van der Waals surface area contributed by atoms with Gasteiger partial charge in [-0.05, 0) is 36.4 Å². The molecular weight excluding hydrogens is 394 g/mol. The topological polar surface area (TPSA) is 92.1 Å². The predicted octanol–water partition coefficient (Wildman–Crippen LogP) is 4.10. The Morgan fingerprint density at radius 2 is 1.96 bits per heavy atom. The third-order valence-corrected chi connectivity index (χ3v) is 5.30. The molecule has 0 aliphatic carbocycles. The summed E-state index contributed by atoms with van der Waals surface area (Å²) in [4.78, 5) is 29.3. The molecule has 1 heterocycles. The van der Waals surface area contributed by atoms with Gasteiger partial charge < -0.3 is 10.1 Å². The molecule has 0 unspecified atom stereocenters. The summed E-state index contributed by atoms with van der Waals surface area (Å²) in [7, 11) is 0. The van der Waals surface area contributed by atoms with Gasteiger partial charge in [0, 0.05) is 16.0 Å². The Kier molecular flexibility index (Phi) is 6.78. The molecule has 8 heteroatoms. The number of esters is 1. The number of nitrogens with one attached hydrogen (secondary N) is 1. The van der Waals surface area contributed by atoms with E-state index in [-0.39, 0.29) is 0 Å². The van der Waals surface area contributed by atoms with Crippen molar-refractivity contribution < 1.29 is 14.3 Å². The number of nitrogens with zero attached hydrogens (tertiary/aromatic N) is 2. The SMILES string of the molecule is N#Cc1ccccc1NC(=O)COC(=O)c1ccc(SCc2cscn2)cc1. The maximum atomic E-state index is 12.1. The van der Waals surface area contributed by atoms with E-state index in [9.17, 15) is 9.59 Å². The van der Waals surface area contributed by atoms with E-state index in [2.05, 4.69) is 10.3 Å². The molecule has 3 rings (SSSR count). The minimum Gasteiger partial charge on any atom is -0.452 e. The zero-order valence-corrected chi connectivity index (χ0v) is 16.3. The lowest BCUT2D eigenvalue weighted by atomic mass is 10.2. The fraction of sp³-hybridized carbons (Fsp3) is 0.100. The van der Waals surface area contributed by atoms with Gasteiger partial charge in [-0.25, -0.2) is 9.78 Å². The first-order valence-electron chi connectivity index (χ1n) is 8.22. The Hall–Kier alpha value is -3.15. The molecule has 1 N–H and O–H groups in total. The third-order valence-electron chi connectivity index (χ3n) is 3.62. The van der Waals surface area contributed by atoms with Crippen LogP contribution in [0, 0.1) is 11.3 Å². The Morgan fingerprint density at radius 3 is 2.68 bits per heavy atom. The molecule has 1 aromatic heterocycles. The Labute approximate surface area is 170 Å². The summed E-state index contributed by atoms with van der Waals surface area (Å²) >= 11 is 3.18. The van der Waals surface area contributed by atoms with E-state index < -0.39 is 18.5 Å². The molecule has 0 fully saturated rings. The summed E-state index contributed by atoms with van der Waals surface area (Å²) in [5, 5.41) is 13.6. The number of anilines is 1. The second-order valence-electron chi connectivity index (χ2n) is 5.57. The van der Waals surface area contributed by atoms with Gasteiger partial charge in [-0.1, -0.05) is 12.1 Å². The summed E-state index contributed by atoms with van der Waals surface area (Å²) in [5.74, 6) is -0.330. The van der Waals surface area contributed by atoms with Crippen LogP contribution >= 0.6 is 23.1 Å². The molecule has 0 radical (unpaired) electrons. The van der Waals surface area contributed by atoms with Gasteiger partial charge in [-0.2, -0.15) is 5.26 Å². The van der Waals surface area contributed by atoms with Crippen LogP contribution in [0.3, 0.4) is 0 Å². The Morgan fingerprint density at radius 1 is 1.18 bits per heavy atom. The van der Waals surface area contributed by atoms with Crippen LogP contribution in [0.5, 0.6) is 0 Å². The highest BCUT2D eigenvalue weighted by atomic mass is 32.2. The number of aromatic nitrogens is 1. The first-order valence-corrected chi connectivity index (χ1v) is 10.1. The highest BCUT2D eigenvalue weighted by Crippen LogP contribution is 2.23. The van der Waals surface area contributed by atoms with Crippen LogP contribution in [0.15, 0.2) is 64.3 Å². The van der Waals surface area contributed by atoms with Crippen LogP contribution in [0.2, 0.25) is 0 Å². The summed E-state index contributed by atoms with van der Waals surface area (Å²) in [6, 6.07) is 15.6. The van der Waals surface area contributed by atoms with E-state index in [1.807, 2.05) is 23.6 Å². The summed E-state index contributed by atoms with van der Waals surface area (Å²) in [6.07, 6.45) is 0. The lowest BCUT2D eigenvalue weighted by molar-refractivity contribution is -0.119. The standard InChI is InChI=1S/C20H15N3O3S2/c21-9-15-3-1-2-4-18(15)23-19(24)10-26-20(25)14-5-7-17(8-6-14)28-12-16-11-27-13-22-16/h1-8,11,13H,10,12H2,(H,23,24). The number of benzene rings is 2. The number of thiazole rings is 1. The zero-order valence-electron chi connectivity index (χ0n) is 14.6. The van der Waals surface area contributed by atoms with Gasteiger partial charge in [-0.3, -0.25) is 4.79 Å². The van der Waals surface area contributed by atoms with Crippen LogP contribution in [-0.2, 0) is 15.3 Å². The average molecular weight is 409 g/mol. The molecular formula is C20H15N3O3S2. The molecule has 0 saturated heterocycles. The molecule has 0 saturated carbocycles. The van der Waals surface area contributed by atoms with E-state index in [4.69, 9.17) is 10.00 Å². The quantitative estimate of drug-likeness (QED) is 0.466. The number of nitriles is 1. The van der Waals surface area contributed by atoms with Crippen molar-refractivity contribution in [2.75, 3.05) is 11.9 Å². The van der Waals surface area contributed by atoms with Gasteiger partial charge >= 0.3 is 5.97 Å². The number of hydrogen-bond acceptors (Lipinski definition) is 7. The lowest BCUT2D eigenvalue weighted by Crippen LogP contribution is -2.21. The monoisotopic (exact) mass is 409 g/mol. The van der Waals surface area contributed by atoms with Crippen LogP contribution in [0.25, 0.3) is 0 Å². The number of rotatable bonds is 7. The second kappa shape index (κ2) is 9.69. The first-order chi connectivity index (χ1) is 13.7. The molecule has 3 aromatic rings. The highest BCUT2D eigenvalue weighted by Gasteiger charge is 2.12. The molecule has 0 spiro atoms. The number of hydrogen-bond donors (Lipinski definition) is 1. The highest BCUT2D eigenvalue weighted by molar-refractivity contribution is 7.98. The van der Waals surface area contributed by atoms with Crippen LogP contribution in [-0.4, -0.2) is 23.5 Å². The van der Waals surface area contributed by atoms with Crippen LogP contribution in [0.4, 0.5) is 5.69 Å². The van der Waals surface area contributed by atoms with Gasteiger partial charge in [0.15, 0.2) is 6.61 Å². The summed E-state index contributed by atoms with van der Waals surface area (Å²) < 4.78 is 5.05. The number of ether oxygens (including phenoxy) is 1. The minimum atomic E-state index is -0.584. The molecule has 28 heavy (non-hydrogen) atoms. The van der Waals surface area contributed by atoms with E-state index in [1.165, 1.54) is 0 Å². The van der Waals surface area contributed by atoms with E-state index >= 15 is 0 Å². The second-order valence-corrected chi connectivity index (χ2v) is 7.34. The van der Waals surface area contributed by atoms with Gasteiger partial charge in [-0.15, -0.1) is 23.1 Å². The van der Waals surface area contributed by atoms with E-state index in [0.29, 0.717) is 16.8 Å². The van der Waals surface area contributed by atoms with Crippen molar-refractivity contribution in [3.05, 3.63) is 76.2 Å². The molecule has 0 bridgehead atoms. The number of amides is 1. The van der Waals surface area contributed by atoms with E-state index in [0.717, 1.165) is 16.3 Å². The minimum absolute atomic E-state index is 0.341. The fourth-order valence-corrected chi connectivity index (χ4v) is 3.71. The van der Waals surface area contributed by atoms with Crippen molar-refractivity contribution in [2.24, 2.45) is 0 Å². The summed E-state index contributed by atoms with van der Waals surface area (Å²) in [5.41, 5.74) is 3.90. The summed E-state index contributed by atoms with van der Waals surface area (Å²) in [6.45, 7) is -0.432. The number of carbonyl (C=O) groups is 2. The lowest BCUT2D eigenvalue weighted by Gasteiger charge is -2.08. The predicted molar refractivity (Wildman–Crippen MR) is 108 cm³/mol. The third kappa shape index (κ3) is 5.42. The number of thioether (sulfide) groups is 1. The normalized spacial score (nSPS) is 10.1. The smallest absolute Gasteiger partial charge is 0.338 e. The Bertz CT molecular complexity index is 996. The van der Waals surface area contributed by atoms with Crippen molar-refractivity contribution >= 4 is 40.7 Å². The molecule has 0 aliphatic rings. The van der Waals surface area contributed by atoms with Crippen molar-refractivity contribution in [3.8, 4) is 6.07 Å². The van der Waals surface area contributed by atoms with Gasteiger partial charge in [0.1, 0.15) is 6.07 Å². The average Bonchev–Trinajstić information content (AvgIpc) is 3.25. The van der Waals surface area contributed by atoms with Gasteiger partial charge in [0.2, 0.25) is 0 Å². The van der Waals surface area contributed by atoms with Crippen molar-refractivity contribution in [1.29, 1.82) is 5.26 Å². The molecule has 2 aromatic carbocycles. The van der Waals surface area contributed by atoms with Gasteiger partial charge in [0.25, 0.3) is 5.91 Å². The molecule has 0 atom stereocenters. The fourth-order valence-electron chi connectivity index (χ4n) is 2.24. The Balaban J connectivity index is 1.49. The van der Waals surface area contributed by atoms with Gasteiger partial charge in [0.05, 0.1) is 28.0 Å². The maximum Gasteiger partial charge on any atom is 0.338 e. The molecule has 6 nitrogen and oxygen atoms in total. The molecule has 140 valence electrons. The number of para-hydroxylation sites is 1. The first kappa shape index (κ1) is 19.6. The van der Waals surface area contributed by atoms with Crippen molar-refractivity contribution in [3.63, 3.8) is 0 Å². The number of carbonyl (C=O) groups excluding carboxylic acids is 2. The molecule has 0 aliphatic heterocycles. The van der Waals surface area contributed by atoms with Crippen molar-refractivity contribution in [1.82, 2.24) is 4.98 Å². The molecule has 1 amide bonds. The van der Waals surface area contributed by atoms with E-state index in [1.54, 1.807) is 65.0 Å². The van der Waals surface area contributed by atoms with Crippen LogP contribution in [0.1, 0.15) is 21.6 Å². The zero-order chi connectivity index (χ0) is 19.8.